The quantitative estimate of drug-likeness (QED) is 0.673. The Morgan fingerprint density at radius 1 is 1.55 bits per heavy atom. The fourth-order valence-electron chi connectivity index (χ4n) is 1.95. The molecule has 0 aliphatic heterocycles. The van der Waals surface area contributed by atoms with Gasteiger partial charge in [0.25, 0.3) is 0 Å². The summed E-state index contributed by atoms with van der Waals surface area (Å²) in [7, 11) is -0.735. The van der Waals surface area contributed by atoms with Crippen LogP contribution >= 0.6 is 0 Å². The Hall–Kier alpha value is -0.880. The number of imidazole rings is 1. The number of anilines is 1. The van der Waals surface area contributed by atoms with E-state index in [0.717, 1.165) is 50.0 Å². The molecule has 1 aromatic rings. The SMILES string of the molecule is CCOCCCn1cc(C)nc1NC(C)CCS(C)=O. The first-order chi connectivity index (χ1) is 9.52. The Balaban J connectivity index is 2.49. The van der Waals surface area contributed by atoms with E-state index in [4.69, 9.17) is 4.74 Å². The Morgan fingerprint density at radius 3 is 2.95 bits per heavy atom. The lowest BCUT2D eigenvalue weighted by atomic mass is 10.3. The van der Waals surface area contributed by atoms with E-state index in [0.29, 0.717) is 0 Å². The zero-order chi connectivity index (χ0) is 15.0. The van der Waals surface area contributed by atoms with Crippen molar-refractivity contribution in [3.05, 3.63) is 11.9 Å². The minimum absolute atomic E-state index is 0.270. The predicted molar refractivity (Wildman–Crippen MR) is 84.7 cm³/mol. The van der Waals surface area contributed by atoms with Crippen LogP contribution in [0.4, 0.5) is 5.95 Å². The third-order valence-corrected chi connectivity index (χ3v) is 3.81. The first-order valence-electron chi connectivity index (χ1n) is 7.21. The van der Waals surface area contributed by atoms with Gasteiger partial charge in [-0.25, -0.2) is 4.98 Å². The second kappa shape index (κ2) is 9.13. The average Bonchev–Trinajstić information content (AvgIpc) is 2.72. The van der Waals surface area contributed by atoms with Crippen molar-refractivity contribution in [2.75, 3.05) is 30.5 Å². The average molecular weight is 301 g/mol. The molecular weight excluding hydrogens is 274 g/mol. The lowest BCUT2D eigenvalue weighted by molar-refractivity contribution is 0.142. The molecule has 0 amide bonds. The highest BCUT2D eigenvalue weighted by molar-refractivity contribution is 7.84. The molecule has 0 bridgehead atoms. The summed E-state index contributed by atoms with van der Waals surface area (Å²) < 4.78 is 18.6. The summed E-state index contributed by atoms with van der Waals surface area (Å²) in [6, 6.07) is 0.270. The van der Waals surface area contributed by atoms with Gasteiger partial charge in [0.1, 0.15) is 0 Å². The highest BCUT2D eigenvalue weighted by atomic mass is 32.2. The van der Waals surface area contributed by atoms with E-state index >= 15 is 0 Å². The van der Waals surface area contributed by atoms with Crippen LogP contribution in [0.2, 0.25) is 0 Å². The zero-order valence-corrected chi connectivity index (χ0v) is 13.8. The Bertz CT molecular complexity index is 421. The number of aromatic nitrogens is 2. The van der Waals surface area contributed by atoms with Crippen molar-refractivity contribution in [1.29, 1.82) is 0 Å². The van der Waals surface area contributed by atoms with Crippen molar-refractivity contribution in [3.8, 4) is 0 Å². The molecule has 2 atom stereocenters. The summed E-state index contributed by atoms with van der Waals surface area (Å²) in [5.41, 5.74) is 1.01. The maximum Gasteiger partial charge on any atom is 0.203 e. The third kappa shape index (κ3) is 6.52. The van der Waals surface area contributed by atoms with Crippen LogP contribution < -0.4 is 5.32 Å². The topological polar surface area (TPSA) is 56.1 Å². The van der Waals surface area contributed by atoms with Crippen molar-refractivity contribution in [2.45, 2.75) is 46.2 Å². The Labute approximate surface area is 124 Å². The van der Waals surface area contributed by atoms with Crippen LogP contribution in [0, 0.1) is 6.92 Å². The van der Waals surface area contributed by atoms with Gasteiger partial charge < -0.3 is 14.6 Å². The molecule has 1 rings (SSSR count). The van der Waals surface area contributed by atoms with Crippen LogP contribution in [0.5, 0.6) is 0 Å². The number of hydrogen-bond donors (Lipinski definition) is 1. The van der Waals surface area contributed by atoms with Gasteiger partial charge in [0, 0.05) is 54.8 Å². The number of aryl methyl sites for hydroxylation is 2. The van der Waals surface area contributed by atoms with Crippen molar-refractivity contribution in [2.24, 2.45) is 0 Å². The van der Waals surface area contributed by atoms with Crippen LogP contribution in [0.1, 0.15) is 32.4 Å². The van der Waals surface area contributed by atoms with E-state index in [1.165, 1.54) is 0 Å². The van der Waals surface area contributed by atoms with Crippen LogP contribution in [0.3, 0.4) is 0 Å². The molecule has 1 heterocycles. The molecule has 1 N–H and O–H groups in total. The fraction of sp³-hybridized carbons (Fsp3) is 0.786. The summed E-state index contributed by atoms with van der Waals surface area (Å²) in [6.07, 6.45) is 5.66. The molecule has 0 saturated carbocycles. The van der Waals surface area contributed by atoms with Gasteiger partial charge in [0.05, 0.1) is 5.69 Å². The number of nitrogens with one attached hydrogen (secondary N) is 1. The predicted octanol–water partition coefficient (Wildman–Crippen LogP) is 2.19. The molecule has 6 heteroatoms. The van der Waals surface area contributed by atoms with E-state index in [1.54, 1.807) is 6.26 Å². The fourth-order valence-corrected chi connectivity index (χ4v) is 2.63. The molecule has 0 fully saturated rings. The van der Waals surface area contributed by atoms with Gasteiger partial charge >= 0.3 is 0 Å². The third-order valence-electron chi connectivity index (χ3n) is 3.00. The molecular formula is C14H27N3O2S. The molecule has 116 valence electrons. The van der Waals surface area contributed by atoms with Crippen molar-refractivity contribution in [3.63, 3.8) is 0 Å². The van der Waals surface area contributed by atoms with E-state index in [1.807, 2.05) is 13.8 Å². The maximum atomic E-state index is 11.1. The molecule has 20 heavy (non-hydrogen) atoms. The molecule has 0 aromatic carbocycles. The van der Waals surface area contributed by atoms with Crippen LogP contribution in [0.15, 0.2) is 6.20 Å². The summed E-state index contributed by atoms with van der Waals surface area (Å²) in [5, 5.41) is 3.40. The minimum Gasteiger partial charge on any atom is -0.382 e. The molecule has 0 radical (unpaired) electrons. The van der Waals surface area contributed by atoms with Gasteiger partial charge in [-0.2, -0.15) is 0 Å². The molecule has 0 saturated heterocycles. The van der Waals surface area contributed by atoms with Gasteiger partial charge in [-0.1, -0.05) is 0 Å². The van der Waals surface area contributed by atoms with E-state index < -0.39 is 10.8 Å². The van der Waals surface area contributed by atoms with Crippen molar-refractivity contribution in [1.82, 2.24) is 9.55 Å². The maximum absolute atomic E-state index is 11.1. The second-order valence-corrected chi connectivity index (χ2v) is 6.62. The van der Waals surface area contributed by atoms with Gasteiger partial charge in [-0.3, -0.25) is 4.21 Å². The van der Waals surface area contributed by atoms with Gasteiger partial charge in [-0.15, -0.1) is 0 Å². The number of hydrogen-bond acceptors (Lipinski definition) is 4. The molecule has 0 aliphatic carbocycles. The first kappa shape index (κ1) is 17.2. The molecule has 0 spiro atoms. The Morgan fingerprint density at radius 2 is 2.30 bits per heavy atom. The van der Waals surface area contributed by atoms with Gasteiger partial charge in [0.2, 0.25) is 5.95 Å². The van der Waals surface area contributed by atoms with Crippen molar-refractivity contribution >= 4 is 16.7 Å². The summed E-state index contributed by atoms with van der Waals surface area (Å²) in [6.45, 7) is 8.54. The van der Waals surface area contributed by atoms with E-state index in [2.05, 4.69) is 28.0 Å². The second-order valence-electron chi connectivity index (χ2n) is 5.06. The summed E-state index contributed by atoms with van der Waals surface area (Å²) in [4.78, 5) is 4.51. The number of ether oxygens (including phenoxy) is 1. The minimum atomic E-state index is -0.735. The number of rotatable bonds is 10. The lowest BCUT2D eigenvalue weighted by Crippen LogP contribution is -2.20. The standard InChI is InChI=1S/C14H27N3O2S/c1-5-19-9-6-8-17-11-13(3)16-14(17)15-12(2)7-10-20(4)18/h11-12H,5-10H2,1-4H3,(H,15,16). The van der Waals surface area contributed by atoms with E-state index in [9.17, 15) is 4.21 Å². The molecule has 2 unspecified atom stereocenters. The van der Waals surface area contributed by atoms with Gasteiger partial charge in [0.15, 0.2) is 0 Å². The summed E-state index contributed by atoms with van der Waals surface area (Å²) in [5.74, 6) is 1.62. The van der Waals surface area contributed by atoms with Crippen LogP contribution in [-0.4, -0.2) is 45.0 Å². The van der Waals surface area contributed by atoms with Crippen LogP contribution in [-0.2, 0) is 22.1 Å². The monoisotopic (exact) mass is 301 g/mol. The lowest BCUT2D eigenvalue weighted by Gasteiger charge is -2.15. The smallest absolute Gasteiger partial charge is 0.203 e. The highest BCUT2D eigenvalue weighted by Gasteiger charge is 2.09. The van der Waals surface area contributed by atoms with E-state index in [-0.39, 0.29) is 6.04 Å². The molecule has 0 aliphatic rings. The largest absolute Gasteiger partial charge is 0.382 e. The number of nitrogens with zero attached hydrogens (tertiary/aromatic N) is 2. The highest BCUT2D eigenvalue weighted by Crippen LogP contribution is 2.12. The molecule has 5 nitrogen and oxygen atoms in total. The van der Waals surface area contributed by atoms with Crippen molar-refractivity contribution < 1.29 is 8.95 Å². The summed E-state index contributed by atoms with van der Waals surface area (Å²) >= 11 is 0. The zero-order valence-electron chi connectivity index (χ0n) is 13.0. The molecule has 1 aromatic heterocycles. The van der Waals surface area contributed by atoms with Crippen LogP contribution in [0.25, 0.3) is 0 Å². The van der Waals surface area contributed by atoms with Gasteiger partial charge in [-0.05, 0) is 33.6 Å². The Kier molecular flexibility index (Phi) is 7.84. The normalized spacial score (nSPS) is 14.2. The first-order valence-corrected chi connectivity index (χ1v) is 8.93.